The maximum Gasteiger partial charge on any atom is 0.224 e. The Morgan fingerprint density at radius 3 is 2.47 bits per heavy atom. The van der Waals surface area contributed by atoms with E-state index >= 15 is 0 Å². The van der Waals surface area contributed by atoms with Gasteiger partial charge in [-0.05, 0) is 25.3 Å². The highest BCUT2D eigenvalue weighted by atomic mass is 16.3. The summed E-state index contributed by atoms with van der Waals surface area (Å²) in [5.74, 6) is 0.111. The second-order valence-electron chi connectivity index (χ2n) is 5.61. The molecule has 0 spiro atoms. The molecule has 0 saturated carbocycles. The van der Waals surface area contributed by atoms with E-state index in [-0.39, 0.29) is 11.8 Å². The average molecular weight is 263 g/mol. The van der Waals surface area contributed by atoms with Gasteiger partial charge in [0.25, 0.3) is 0 Å². The molecule has 19 heavy (non-hydrogen) atoms. The Labute approximate surface area is 116 Å². The lowest BCUT2D eigenvalue weighted by Crippen LogP contribution is -2.45. The van der Waals surface area contributed by atoms with Gasteiger partial charge in [-0.15, -0.1) is 0 Å². The van der Waals surface area contributed by atoms with Crippen LogP contribution in [0.4, 0.5) is 0 Å². The van der Waals surface area contributed by atoms with Crippen molar-refractivity contribution in [2.24, 2.45) is 5.92 Å². The van der Waals surface area contributed by atoms with Crippen LogP contribution in [0.1, 0.15) is 38.3 Å². The lowest BCUT2D eigenvalue weighted by molar-refractivity contribution is -0.122. The van der Waals surface area contributed by atoms with E-state index in [2.05, 4.69) is 5.32 Å². The number of benzene rings is 1. The van der Waals surface area contributed by atoms with Crippen LogP contribution in [-0.4, -0.2) is 23.2 Å². The molecular formula is C16H25NO2. The number of amides is 1. The van der Waals surface area contributed by atoms with Gasteiger partial charge in [-0.1, -0.05) is 50.1 Å². The fourth-order valence-corrected chi connectivity index (χ4v) is 1.85. The van der Waals surface area contributed by atoms with Crippen molar-refractivity contribution in [3.8, 4) is 0 Å². The van der Waals surface area contributed by atoms with Crippen molar-refractivity contribution >= 4 is 5.91 Å². The molecule has 0 bridgehead atoms. The van der Waals surface area contributed by atoms with E-state index in [1.165, 1.54) is 5.56 Å². The van der Waals surface area contributed by atoms with Crippen LogP contribution >= 0.6 is 0 Å². The Hall–Kier alpha value is -1.35. The number of hydrogen-bond donors (Lipinski definition) is 2. The highest BCUT2D eigenvalue weighted by Crippen LogP contribution is 2.18. The topological polar surface area (TPSA) is 49.3 Å². The molecule has 1 aromatic rings. The Morgan fingerprint density at radius 1 is 1.37 bits per heavy atom. The van der Waals surface area contributed by atoms with Crippen LogP contribution in [-0.2, 0) is 11.2 Å². The van der Waals surface area contributed by atoms with Crippen molar-refractivity contribution in [3.63, 3.8) is 0 Å². The van der Waals surface area contributed by atoms with E-state index in [0.29, 0.717) is 13.0 Å². The highest BCUT2D eigenvalue weighted by Gasteiger charge is 2.27. The lowest BCUT2D eigenvalue weighted by Gasteiger charge is -2.29. The Bertz CT molecular complexity index is 409. The first-order valence-electron chi connectivity index (χ1n) is 6.89. The van der Waals surface area contributed by atoms with Gasteiger partial charge in [0.15, 0.2) is 0 Å². The summed E-state index contributed by atoms with van der Waals surface area (Å²) in [6.07, 6.45) is 1.25. The van der Waals surface area contributed by atoms with E-state index in [9.17, 15) is 9.90 Å². The Morgan fingerprint density at radius 2 is 1.95 bits per heavy atom. The summed E-state index contributed by atoms with van der Waals surface area (Å²) in [5, 5.41) is 13.0. The molecule has 0 radical (unpaired) electrons. The maximum atomic E-state index is 11.8. The number of nitrogens with one attached hydrogen (secondary N) is 1. The molecule has 1 rings (SSSR count). The number of rotatable bonds is 6. The molecule has 0 aliphatic carbocycles. The second kappa shape index (κ2) is 6.71. The Balaban J connectivity index is 2.46. The molecule has 0 aliphatic rings. The van der Waals surface area contributed by atoms with Crippen LogP contribution in [0.25, 0.3) is 0 Å². The van der Waals surface area contributed by atoms with Gasteiger partial charge in [-0.3, -0.25) is 4.79 Å². The quantitative estimate of drug-likeness (QED) is 0.828. The maximum absolute atomic E-state index is 11.8. The first-order chi connectivity index (χ1) is 8.85. The van der Waals surface area contributed by atoms with Gasteiger partial charge in [0, 0.05) is 6.54 Å². The molecule has 0 heterocycles. The molecule has 3 heteroatoms. The first-order valence-corrected chi connectivity index (χ1v) is 6.89. The molecule has 2 N–H and O–H groups in total. The minimum Gasteiger partial charge on any atom is -0.388 e. The minimum atomic E-state index is -0.850. The van der Waals surface area contributed by atoms with E-state index < -0.39 is 5.60 Å². The largest absolute Gasteiger partial charge is 0.388 e. The van der Waals surface area contributed by atoms with E-state index in [1.54, 1.807) is 6.92 Å². The van der Waals surface area contributed by atoms with Gasteiger partial charge < -0.3 is 10.4 Å². The van der Waals surface area contributed by atoms with Crippen LogP contribution in [0.3, 0.4) is 0 Å². The van der Waals surface area contributed by atoms with Crippen LogP contribution < -0.4 is 5.32 Å². The number of carbonyl (C=O) groups is 1. The molecule has 0 fully saturated rings. The molecule has 0 aromatic heterocycles. The van der Waals surface area contributed by atoms with Crippen molar-refractivity contribution in [2.45, 2.75) is 46.1 Å². The third kappa shape index (κ3) is 5.03. The van der Waals surface area contributed by atoms with Gasteiger partial charge in [0.05, 0.1) is 12.0 Å². The summed E-state index contributed by atoms with van der Waals surface area (Å²) < 4.78 is 0. The summed E-state index contributed by atoms with van der Waals surface area (Å²) in [5.41, 5.74) is 1.33. The van der Waals surface area contributed by atoms with E-state index in [0.717, 1.165) is 12.0 Å². The van der Waals surface area contributed by atoms with E-state index in [4.69, 9.17) is 0 Å². The van der Waals surface area contributed by atoms with Crippen molar-refractivity contribution < 1.29 is 9.90 Å². The van der Waals surface area contributed by atoms with Crippen molar-refractivity contribution in [3.05, 3.63) is 35.4 Å². The fraction of sp³-hybridized carbons (Fsp3) is 0.562. The molecule has 1 amide bonds. The fourth-order valence-electron chi connectivity index (χ4n) is 1.85. The van der Waals surface area contributed by atoms with Crippen LogP contribution in [0, 0.1) is 12.8 Å². The van der Waals surface area contributed by atoms with Gasteiger partial charge in [-0.25, -0.2) is 0 Å². The standard InChI is InChI=1S/C16H25NO2/c1-5-13(3)16(4,19)11-17-15(18)10-14-8-6-12(2)7-9-14/h6-9,13,19H,5,10-11H2,1-4H3,(H,17,18). The average Bonchev–Trinajstić information content (AvgIpc) is 2.38. The number of carbonyl (C=O) groups excluding carboxylic acids is 1. The van der Waals surface area contributed by atoms with Crippen molar-refractivity contribution in [1.29, 1.82) is 0 Å². The summed E-state index contributed by atoms with van der Waals surface area (Å²) in [6.45, 7) is 8.12. The SMILES string of the molecule is CCC(C)C(C)(O)CNC(=O)Cc1ccc(C)cc1. The number of hydrogen-bond acceptors (Lipinski definition) is 2. The normalized spacial score (nSPS) is 15.6. The van der Waals surface area contributed by atoms with Crippen molar-refractivity contribution in [2.75, 3.05) is 6.54 Å². The van der Waals surface area contributed by atoms with Crippen LogP contribution in [0.15, 0.2) is 24.3 Å². The molecule has 2 atom stereocenters. The third-order valence-electron chi connectivity index (χ3n) is 3.80. The molecule has 2 unspecified atom stereocenters. The van der Waals surface area contributed by atoms with Crippen molar-refractivity contribution in [1.82, 2.24) is 5.32 Å². The predicted molar refractivity (Wildman–Crippen MR) is 78.0 cm³/mol. The monoisotopic (exact) mass is 263 g/mol. The van der Waals surface area contributed by atoms with Gasteiger partial charge in [0.1, 0.15) is 0 Å². The highest BCUT2D eigenvalue weighted by molar-refractivity contribution is 5.78. The molecule has 0 saturated heterocycles. The molecule has 1 aromatic carbocycles. The third-order valence-corrected chi connectivity index (χ3v) is 3.80. The van der Waals surface area contributed by atoms with Crippen LogP contribution in [0.5, 0.6) is 0 Å². The first kappa shape index (κ1) is 15.7. The lowest BCUT2D eigenvalue weighted by atomic mass is 9.88. The molecular weight excluding hydrogens is 238 g/mol. The number of aliphatic hydroxyl groups is 1. The zero-order valence-electron chi connectivity index (χ0n) is 12.4. The predicted octanol–water partition coefficient (Wildman–Crippen LogP) is 2.45. The zero-order chi connectivity index (χ0) is 14.5. The van der Waals surface area contributed by atoms with E-state index in [1.807, 2.05) is 45.0 Å². The Kier molecular flexibility index (Phi) is 5.55. The summed E-state index contributed by atoms with van der Waals surface area (Å²) in [4.78, 5) is 11.8. The summed E-state index contributed by atoms with van der Waals surface area (Å²) in [7, 11) is 0. The van der Waals surface area contributed by atoms with Gasteiger partial charge in [0.2, 0.25) is 5.91 Å². The van der Waals surface area contributed by atoms with Gasteiger partial charge >= 0.3 is 0 Å². The minimum absolute atomic E-state index is 0.0487. The molecule has 106 valence electrons. The number of aryl methyl sites for hydroxylation is 1. The summed E-state index contributed by atoms with van der Waals surface area (Å²) >= 11 is 0. The molecule has 0 aliphatic heterocycles. The second-order valence-corrected chi connectivity index (χ2v) is 5.61. The van der Waals surface area contributed by atoms with Crippen LogP contribution in [0.2, 0.25) is 0 Å². The zero-order valence-corrected chi connectivity index (χ0v) is 12.4. The van der Waals surface area contributed by atoms with Gasteiger partial charge in [-0.2, -0.15) is 0 Å². The summed E-state index contributed by atoms with van der Waals surface area (Å²) in [6, 6.07) is 7.92. The molecule has 3 nitrogen and oxygen atoms in total. The smallest absolute Gasteiger partial charge is 0.224 e.